The van der Waals surface area contributed by atoms with Gasteiger partial charge in [-0.1, -0.05) is 25.7 Å². The monoisotopic (exact) mass is 356 g/mol. The van der Waals surface area contributed by atoms with Crippen LogP contribution in [0.2, 0.25) is 0 Å². The highest BCUT2D eigenvalue weighted by molar-refractivity contribution is 5.76. The Morgan fingerprint density at radius 2 is 2.04 bits per heavy atom. The number of pyridine rings is 1. The van der Waals surface area contributed by atoms with Crippen LogP contribution in [0.3, 0.4) is 0 Å². The quantitative estimate of drug-likeness (QED) is 0.846. The average Bonchev–Trinajstić information content (AvgIpc) is 3.27. The van der Waals surface area contributed by atoms with E-state index in [1.165, 1.54) is 25.7 Å². The summed E-state index contributed by atoms with van der Waals surface area (Å²) in [7, 11) is 1.79. The standard InChI is InChI=1S/C20H28N4O2/c1-22-17-9-4-12-21-19(17)24(20(22)26)16-8-5-13-23(14-16)18(25)11-10-15-6-2-3-7-15/h4,9,12,15-16H,2-3,5-8,10-11,13-14H2,1H3. The van der Waals surface area contributed by atoms with E-state index in [9.17, 15) is 9.59 Å². The van der Waals surface area contributed by atoms with Crippen molar-refractivity contribution in [2.75, 3.05) is 13.1 Å². The summed E-state index contributed by atoms with van der Waals surface area (Å²) in [6.45, 7) is 1.44. The number of nitrogens with zero attached hydrogens (tertiary/aromatic N) is 4. The Morgan fingerprint density at radius 1 is 1.23 bits per heavy atom. The molecule has 1 saturated carbocycles. The summed E-state index contributed by atoms with van der Waals surface area (Å²) < 4.78 is 3.45. The number of hydrogen-bond donors (Lipinski definition) is 0. The fourth-order valence-electron chi connectivity index (χ4n) is 4.70. The molecule has 2 aromatic heterocycles. The second-order valence-electron chi connectivity index (χ2n) is 7.88. The maximum absolute atomic E-state index is 12.7. The molecule has 2 aromatic rings. The minimum absolute atomic E-state index is 0.0188. The van der Waals surface area contributed by atoms with E-state index in [1.54, 1.807) is 22.4 Å². The molecule has 1 aliphatic carbocycles. The zero-order valence-electron chi connectivity index (χ0n) is 15.6. The Bertz CT molecular complexity index is 847. The number of piperidine rings is 1. The van der Waals surface area contributed by atoms with Crippen molar-refractivity contribution in [3.8, 4) is 0 Å². The number of amides is 1. The zero-order valence-corrected chi connectivity index (χ0v) is 15.6. The molecular formula is C20H28N4O2. The molecule has 2 fully saturated rings. The first-order chi connectivity index (χ1) is 12.6. The third-order valence-electron chi connectivity index (χ3n) is 6.20. The summed E-state index contributed by atoms with van der Waals surface area (Å²) >= 11 is 0. The van der Waals surface area contributed by atoms with E-state index in [0.717, 1.165) is 42.9 Å². The molecule has 0 spiro atoms. The summed E-state index contributed by atoms with van der Waals surface area (Å²) in [5, 5.41) is 0. The van der Waals surface area contributed by atoms with E-state index < -0.39 is 0 Å². The molecule has 0 bridgehead atoms. The molecule has 4 rings (SSSR count). The maximum atomic E-state index is 12.7. The predicted octanol–water partition coefficient (Wildman–Crippen LogP) is 2.87. The van der Waals surface area contributed by atoms with Crippen LogP contribution in [0.15, 0.2) is 23.1 Å². The van der Waals surface area contributed by atoms with Gasteiger partial charge in [0.15, 0.2) is 5.65 Å². The first kappa shape index (κ1) is 17.3. The third-order valence-corrected chi connectivity index (χ3v) is 6.20. The van der Waals surface area contributed by atoms with Crippen LogP contribution in [0.5, 0.6) is 0 Å². The Morgan fingerprint density at radius 3 is 2.85 bits per heavy atom. The lowest BCUT2D eigenvalue weighted by molar-refractivity contribution is -0.133. The summed E-state index contributed by atoms with van der Waals surface area (Å²) in [6, 6.07) is 3.80. The number of aromatic nitrogens is 3. The fourth-order valence-corrected chi connectivity index (χ4v) is 4.70. The van der Waals surface area contributed by atoms with Gasteiger partial charge in [0.1, 0.15) is 0 Å². The van der Waals surface area contributed by atoms with Crippen molar-refractivity contribution in [2.45, 2.75) is 57.4 Å². The third kappa shape index (κ3) is 3.17. The molecule has 6 nitrogen and oxygen atoms in total. The highest BCUT2D eigenvalue weighted by Crippen LogP contribution is 2.29. The molecule has 1 saturated heterocycles. The van der Waals surface area contributed by atoms with Gasteiger partial charge in [-0.15, -0.1) is 0 Å². The smallest absolute Gasteiger partial charge is 0.330 e. The van der Waals surface area contributed by atoms with Crippen molar-refractivity contribution in [3.63, 3.8) is 0 Å². The lowest BCUT2D eigenvalue weighted by Crippen LogP contribution is -2.43. The highest BCUT2D eigenvalue weighted by atomic mass is 16.2. The van der Waals surface area contributed by atoms with E-state index >= 15 is 0 Å². The SMILES string of the molecule is Cn1c(=O)n(C2CCCN(C(=O)CCC3CCCC3)C2)c2ncccc21. The van der Waals surface area contributed by atoms with Gasteiger partial charge in [-0.3, -0.25) is 13.9 Å². The zero-order chi connectivity index (χ0) is 18.1. The van der Waals surface area contributed by atoms with E-state index in [1.807, 2.05) is 17.0 Å². The van der Waals surface area contributed by atoms with Gasteiger partial charge in [0.25, 0.3) is 0 Å². The highest BCUT2D eigenvalue weighted by Gasteiger charge is 2.28. The number of carbonyl (C=O) groups excluding carboxylic acids is 1. The maximum Gasteiger partial charge on any atom is 0.330 e. The Hall–Kier alpha value is -2.11. The van der Waals surface area contributed by atoms with Crippen LogP contribution in [-0.4, -0.2) is 38.0 Å². The van der Waals surface area contributed by atoms with E-state index in [-0.39, 0.29) is 17.6 Å². The summed E-state index contributed by atoms with van der Waals surface area (Å²) in [5.41, 5.74) is 1.54. The molecular weight excluding hydrogens is 328 g/mol. The second-order valence-corrected chi connectivity index (χ2v) is 7.88. The van der Waals surface area contributed by atoms with Crippen LogP contribution >= 0.6 is 0 Å². The summed E-state index contributed by atoms with van der Waals surface area (Å²) in [4.78, 5) is 31.9. The van der Waals surface area contributed by atoms with Crippen molar-refractivity contribution in [2.24, 2.45) is 13.0 Å². The van der Waals surface area contributed by atoms with Crippen molar-refractivity contribution >= 4 is 17.1 Å². The van der Waals surface area contributed by atoms with Gasteiger partial charge >= 0.3 is 5.69 Å². The minimum atomic E-state index is -0.0380. The first-order valence-corrected chi connectivity index (χ1v) is 9.95. The number of imidazole rings is 1. The van der Waals surface area contributed by atoms with E-state index in [0.29, 0.717) is 13.0 Å². The number of likely N-dealkylation sites (tertiary alicyclic amines) is 1. The normalized spacial score (nSPS) is 21.6. The molecule has 0 aromatic carbocycles. The molecule has 140 valence electrons. The molecule has 1 atom stereocenters. The van der Waals surface area contributed by atoms with Gasteiger partial charge in [0.05, 0.1) is 11.6 Å². The number of fused-ring (bicyclic) bond motifs is 1. The van der Waals surface area contributed by atoms with Gasteiger partial charge in [-0.2, -0.15) is 0 Å². The van der Waals surface area contributed by atoms with Crippen LogP contribution in [0.25, 0.3) is 11.2 Å². The van der Waals surface area contributed by atoms with E-state index in [2.05, 4.69) is 4.98 Å². The van der Waals surface area contributed by atoms with Crippen LogP contribution in [0, 0.1) is 5.92 Å². The molecule has 2 aliphatic rings. The van der Waals surface area contributed by atoms with Gasteiger partial charge in [0, 0.05) is 32.8 Å². The second kappa shape index (κ2) is 7.25. The average molecular weight is 356 g/mol. The molecule has 1 aliphatic heterocycles. The topological polar surface area (TPSA) is 60.1 Å². The molecule has 3 heterocycles. The number of aryl methyl sites for hydroxylation is 1. The van der Waals surface area contributed by atoms with Gasteiger partial charge in [0.2, 0.25) is 5.91 Å². The largest absolute Gasteiger partial charge is 0.341 e. The molecule has 1 unspecified atom stereocenters. The van der Waals surface area contributed by atoms with Gasteiger partial charge < -0.3 is 4.90 Å². The lowest BCUT2D eigenvalue weighted by atomic mass is 10.00. The van der Waals surface area contributed by atoms with Crippen LogP contribution < -0.4 is 5.69 Å². The molecule has 26 heavy (non-hydrogen) atoms. The first-order valence-electron chi connectivity index (χ1n) is 9.95. The predicted molar refractivity (Wildman–Crippen MR) is 101 cm³/mol. The molecule has 0 N–H and O–H groups in total. The van der Waals surface area contributed by atoms with Crippen LogP contribution in [0.4, 0.5) is 0 Å². The van der Waals surface area contributed by atoms with Crippen molar-refractivity contribution in [1.29, 1.82) is 0 Å². The summed E-state index contributed by atoms with van der Waals surface area (Å²) in [5.74, 6) is 0.993. The van der Waals surface area contributed by atoms with Gasteiger partial charge in [-0.05, 0) is 37.3 Å². The fraction of sp³-hybridized carbons (Fsp3) is 0.650. The number of rotatable bonds is 4. The Kier molecular flexibility index (Phi) is 4.83. The van der Waals surface area contributed by atoms with Crippen molar-refractivity contribution in [3.05, 3.63) is 28.8 Å². The Balaban J connectivity index is 1.49. The Labute approximate surface area is 153 Å². The van der Waals surface area contributed by atoms with Crippen LogP contribution in [0.1, 0.15) is 57.4 Å². The lowest BCUT2D eigenvalue weighted by Gasteiger charge is -2.33. The summed E-state index contributed by atoms with van der Waals surface area (Å²) in [6.07, 6.45) is 10.5. The molecule has 1 amide bonds. The number of hydrogen-bond acceptors (Lipinski definition) is 3. The van der Waals surface area contributed by atoms with Gasteiger partial charge in [-0.25, -0.2) is 9.78 Å². The van der Waals surface area contributed by atoms with E-state index in [4.69, 9.17) is 0 Å². The van der Waals surface area contributed by atoms with Crippen LogP contribution in [-0.2, 0) is 11.8 Å². The van der Waals surface area contributed by atoms with Crippen molar-refractivity contribution in [1.82, 2.24) is 19.0 Å². The molecule has 0 radical (unpaired) electrons. The number of carbonyl (C=O) groups is 1. The minimum Gasteiger partial charge on any atom is -0.341 e. The van der Waals surface area contributed by atoms with Crippen molar-refractivity contribution < 1.29 is 4.79 Å². The molecule has 6 heteroatoms.